The van der Waals surface area contributed by atoms with Gasteiger partial charge in [-0.2, -0.15) is 0 Å². The molecular weight excluding hydrogens is 232 g/mol. The van der Waals surface area contributed by atoms with Crippen molar-refractivity contribution < 1.29 is 0 Å². The van der Waals surface area contributed by atoms with Gasteiger partial charge in [0.2, 0.25) is 0 Å². The van der Waals surface area contributed by atoms with Crippen molar-refractivity contribution in [3.05, 3.63) is 29.8 Å². The number of hydrogen-bond acceptors (Lipinski definition) is 2. The maximum absolute atomic E-state index is 6.08. The monoisotopic (exact) mass is 260 g/mol. The molecule has 0 saturated heterocycles. The number of hydrogen-bond donors (Lipinski definition) is 1. The van der Waals surface area contributed by atoms with E-state index in [0.29, 0.717) is 6.04 Å². The van der Waals surface area contributed by atoms with Gasteiger partial charge in [-0.05, 0) is 49.3 Å². The van der Waals surface area contributed by atoms with Gasteiger partial charge < -0.3 is 10.6 Å². The Morgan fingerprint density at radius 3 is 2.79 bits per heavy atom. The van der Waals surface area contributed by atoms with E-state index in [1.165, 1.54) is 36.9 Å². The quantitative estimate of drug-likeness (QED) is 0.896. The van der Waals surface area contributed by atoms with Gasteiger partial charge in [0.1, 0.15) is 0 Å². The van der Waals surface area contributed by atoms with E-state index in [4.69, 9.17) is 5.73 Å². The molecule has 19 heavy (non-hydrogen) atoms. The van der Waals surface area contributed by atoms with Gasteiger partial charge in [-0.1, -0.05) is 31.9 Å². The van der Waals surface area contributed by atoms with E-state index in [0.717, 1.165) is 18.4 Å². The SMILES string of the molecule is Cc1cccc(N(C)C(CN)C2CCCC(C)C2)c1. The van der Waals surface area contributed by atoms with Crippen LogP contribution in [0.4, 0.5) is 5.69 Å². The molecule has 2 heteroatoms. The predicted octanol–water partition coefficient (Wildman–Crippen LogP) is 3.58. The molecule has 0 radical (unpaired) electrons. The van der Waals surface area contributed by atoms with E-state index in [1.807, 2.05) is 0 Å². The third-order valence-corrected chi connectivity index (χ3v) is 4.67. The minimum absolute atomic E-state index is 0.476. The fourth-order valence-corrected chi connectivity index (χ4v) is 3.54. The number of likely N-dealkylation sites (N-methyl/N-ethyl adjacent to an activating group) is 1. The number of anilines is 1. The number of nitrogens with two attached hydrogens (primary N) is 1. The van der Waals surface area contributed by atoms with Gasteiger partial charge in [0.25, 0.3) is 0 Å². The van der Waals surface area contributed by atoms with Gasteiger partial charge >= 0.3 is 0 Å². The first-order valence-electron chi connectivity index (χ1n) is 7.61. The molecule has 2 nitrogen and oxygen atoms in total. The van der Waals surface area contributed by atoms with Gasteiger partial charge in [-0.15, -0.1) is 0 Å². The Balaban J connectivity index is 2.12. The first-order chi connectivity index (χ1) is 9.11. The third kappa shape index (κ3) is 3.50. The molecule has 0 aliphatic heterocycles. The van der Waals surface area contributed by atoms with Crippen LogP contribution in [0.25, 0.3) is 0 Å². The highest BCUT2D eigenvalue weighted by Crippen LogP contribution is 2.33. The molecule has 0 bridgehead atoms. The molecule has 0 spiro atoms. The first kappa shape index (κ1) is 14.4. The van der Waals surface area contributed by atoms with Crippen LogP contribution in [0.15, 0.2) is 24.3 Å². The molecule has 1 aliphatic rings. The van der Waals surface area contributed by atoms with E-state index < -0.39 is 0 Å². The Hall–Kier alpha value is -1.02. The van der Waals surface area contributed by atoms with Crippen LogP contribution in [0.1, 0.15) is 38.2 Å². The maximum Gasteiger partial charge on any atom is 0.0437 e. The molecule has 1 aromatic rings. The van der Waals surface area contributed by atoms with Crippen molar-refractivity contribution in [1.29, 1.82) is 0 Å². The zero-order valence-electron chi connectivity index (χ0n) is 12.6. The van der Waals surface area contributed by atoms with Crippen LogP contribution in [0.2, 0.25) is 0 Å². The maximum atomic E-state index is 6.08. The fourth-order valence-electron chi connectivity index (χ4n) is 3.54. The Bertz CT molecular complexity index is 402. The lowest BCUT2D eigenvalue weighted by molar-refractivity contribution is 0.245. The summed E-state index contributed by atoms with van der Waals surface area (Å²) in [5.74, 6) is 1.61. The number of rotatable bonds is 4. The lowest BCUT2D eigenvalue weighted by atomic mass is 9.78. The summed E-state index contributed by atoms with van der Waals surface area (Å²) in [4.78, 5) is 2.40. The van der Waals surface area contributed by atoms with Crippen LogP contribution in [0, 0.1) is 18.8 Å². The van der Waals surface area contributed by atoms with Crippen LogP contribution in [0.5, 0.6) is 0 Å². The van der Waals surface area contributed by atoms with Crippen molar-refractivity contribution in [2.24, 2.45) is 17.6 Å². The second-order valence-electron chi connectivity index (χ2n) is 6.28. The number of benzene rings is 1. The van der Waals surface area contributed by atoms with Crippen LogP contribution in [-0.4, -0.2) is 19.6 Å². The molecule has 0 aromatic heterocycles. The van der Waals surface area contributed by atoms with E-state index in [-0.39, 0.29) is 0 Å². The molecule has 2 N–H and O–H groups in total. The van der Waals surface area contributed by atoms with E-state index in [9.17, 15) is 0 Å². The minimum atomic E-state index is 0.476. The molecule has 0 heterocycles. The van der Waals surface area contributed by atoms with Crippen LogP contribution < -0.4 is 10.6 Å². The highest BCUT2D eigenvalue weighted by atomic mass is 15.1. The van der Waals surface area contributed by atoms with Crippen LogP contribution >= 0.6 is 0 Å². The lowest BCUT2D eigenvalue weighted by Crippen LogP contribution is -2.45. The van der Waals surface area contributed by atoms with Gasteiger partial charge in [0, 0.05) is 25.3 Å². The Morgan fingerprint density at radius 1 is 1.37 bits per heavy atom. The average molecular weight is 260 g/mol. The predicted molar refractivity (Wildman–Crippen MR) is 83.5 cm³/mol. The average Bonchev–Trinajstić information content (AvgIpc) is 2.39. The Kier molecular flexibility index (Phi) is 4.87. The summed E-state index contributed by atoms with van der Waals surface area (Å²) >= 11 is 0. The molecule has 2 rings (SSSR count). The normalized spacial score (nSPS) is 25.1. The molecule has 1 fully saturated rings. The summed E-state index contributed by atoms with van der Waals surface area (Å²) < 4.78 is 0. The fraction of sp³-hybridized carbons (Fsp3) is 0.647. The lowest BCUT2D eigenvalue weighted by Gasteiger charge is -2.39. The van der Waals surface area contributed by atoms with Gasteiger partial charge in [0.15, 0.2) is 0 Å². The number of nitrogens with zero attached hydrogens (tertiary/aromatic N) is 1. The third-order valence-electron chi connectivity index (χ3n) is 4.67. The van der Waals surface area contributed by atoms with Crippen LogP contribution in [-0.2, 0) is 0 Å². The Morgan fingerprint density at radius 2 is 2.16 bits per heavy atom. The minimum Gasteiger partial charge on any atom is -0.370 e. The van der Waals surface area contributed by atoms with Crippen molar-refractivity contribution in [1.82, 2.24) is 0 Å². The summed E-state index contributed by atoms with van der Waals surface area (Å²) in [5.41, 5.74) is 8.70. The number of aryl methyl sites for hydroxylation is 1. The zero-order valence-corrected chi connectivity index (χ0v) is 12.6. The van der Waals surface area contributed by atoms with E-state index >= 15 is 0 Å². The van der Waals surface area contributed by atoms with Crippen LogP contribution in [0.3, 0.4) is 0 Å². The van der Waals surface area contributed by atoms with Crippen molar-refractivity contribution in [2.45, 2.75) is 45.6 Å². The summed E-state index contributed by atoms with van der Waals surface area (Å²) in [5, 5.41) is 0. The Labute approximate surface area is 118 Å². The molecular formula is C17H28N2. The smallest absolute Gasteiger partial charge is 0.0437 e. The summed E-state index contributed by atoms with van der Waals surface area (Å²) in [7, 11) is 2.20. The second kappa shape index (κ2) is 6.42. The highest BCUT2D eigenvalue weighted by molar-refractivity contribution is 5.48. The zero-order chi connectivity index (χ0) is 13.8. The van der Waals surface area contributed by atoms with Gasteiger partial charge in [-0.3, -0.25) is 0 Å². The largest absolute Gasteiger partial charge is 0.370 e. The van der Waals surface area contributed by atoms with E-state index in [2.05, 4.69) is 50.1 Å². The van der Waals surface area contributed by atoms with Crippen molar-refractivity contribution in [3.63, 3.8) is 0 Å². The molecule has 0 amide bonds. The van der Waals surface area contributed by atoms with Crippen molar-refractivity contribution in [2.75, 3.05) is 18.5 Å². The van der Waals surface area contributed by atoms with Gasteiger partial charge in [-0.25, -0.2) is 0 Å². The molecule has 1 saturated carbocycles. The molecule has 3 unspecified atom stereocenters. The summed E-state index contributed by atoms with van der Waals surface area (Å²) in [6.07, 6.45) is 5.42. The molecule has 1 aliphatic carbocycles. The topological polar surface area (TPSA) is 29.3 Å². The molecule has 3 atom stereocenters. The summed E-state index contributed by atoms with van der Waals surface area (Å²) in [6.45, 7) is 5.28. The first-order valence-corrected chi connectivity index (χ1v) is 7.61. The van der Waals surface area contributed by atoms with Crippen molar-refractivity contribution in [3.8, 4) is 0 Å². The van der Waals surface area contributed by atoms with Crippen molar-refractivity contribution >= 4 is 5.69 Å². The highest BCUT2D eigenvalue weighted by Gasteiger charge is 2.28. The standard InChI is InChI=1S/C17H28N2/c1-13-6-4-8-15(10-13)17(12-18)19(3)16-9-5-7-14(2)11-16/h5,7,9,11,13,15,17H,4,6,8,10,12,18H2,1-3H3. The summed E-state index contributed by atoms with van der Waals surface area (Å²) in [6, 6.07) is 9.22. The second-order valence-corrected chi connectivity index (χ2v) is 6.28. The van der Waals surface area contributed by atoms with E-state index in [1.54, 1.807) is 0 Å². The van der Waals surface area contributed by atoms with Gasteiger partial charge in [0.05, 0.1) is 0 Å². The molecule has 1 aromatic carbocycles. The molecule has 106 valence electrons.